The van der Waals surface area contributed by atoms with E-state index < -0.39 is 6.04 Å². The summed E-state index contributed by atoms with van der Waals surface area (Å²) in [4.78, 5) is 40.9. The Morgan fingerprint density at radius 1 is 1.03 bits per heavy atom. The number of hydrogen-bond donors (Lipinski definition) is 2. The number of amides is 3. The molecule has 1 aliphatic heterocycles. The van der Waals surface area contributed by atoms with Crippen LogP contribution in [0.3, 0.4) is 0 Å². The van der Waals surface area contributed by atoms with E-state index in [1.165, 1.54) is 0 Å². The molecule has 182 valence electrons. The summed E-state index contributed by atoms with van der Waals surface area (Å²) in [5, 5.41) is 5.97. The number of rotatable bonds is 8. The van der Waals surface area contributed by atoms with Crippen LogP contribution in [0.5, 0.6) is 5.75 Å². The van der Waals surface area contributed by atoms with Crippen molar-refractivity contribution in [2.24, 2.45) is 5.92 Å². The lowest BCUT2D eigenvalue weighted by Gasteiger charge is -2.36. The van der Waals surface area contributed by atoms with Gasteiger partial charge in [0.15, 0.2) is 0 Å². The molecule has 2 unspecified atom stereocenters. The molecule has 1 saturated heterocycles. The van der Waals surface area contributed by atoms with Crippen molar-refractivity contribution in [3.05, 3.63) is 65.2 Å². The first-order chi connectivity index (χ1) is 16.3. The van der Waals surface area contributed by atoms with Crippen LogP contribution in [0.2, 0.25) is 0 Å². The van der Waals surface area contributed by atoms with Gasteiger partial charge in [0.1, 0.15) is 11.8 Å². The molecule has 1 heterocycles. The summed E-state index contributed by atoms with van der Waals surface area (Å²) in [6, 6.07) is 13.8. The smallest absolute Gasteiger partial charge is 0.253 e. The first kappa shape index (κ1) is 25.3. The van der Waals surface area contributed by atoms with Crippen molar-refractivity contribution >= 4 is 17.7 Å². The zero-order valence-electron chi connectivity index (χ0n) is 20.5. The maximum Gasteiger partial charge on any atom is 0.253 e. The zero-order chi connectivity index (χ0) is 24.7. The number of ether oxygens (including phenoxy) is 1. The number of methoxy groups -OCH3 is 1. The molecule has 0 spiro atoms. The third-order valence-corrected chi connectivity index (χ3v) is 6.50. The van der Waals surface area contributed by atoms with Crippen molar-refractivity contribution < 1.29 is 19.1 Å². The van der Waals surface area contributed by atoms with Crippen molar-refractivity contribution in [1.82, 2.24) is 15.5 Å². The maximum atomic E-state index is 13.1. The molecule has 2 N–H and O–H groups in total. The molecule has 7 heteroatoms. The first-order valence-corrected chi connectivity index (χ1v) is 11.9. The highest BCUT2D eigenvalue weighted by molar-refractivity contribution is 5.98. The number of likely N-dealkylation sites (tertiary alicyclic amines) is 1. The van der Waals surface area contributed by atoms with Gasteiger partial charge >= 0.3 is 0 Å². The largest absolute Gasteiger partial charge is 0.497 e. The number of nitrogens with zero attached hydrogens (tertiary/aromatic N) is 1. The lowest BCUT2D eigenvalue weighted by Crippen LogP contribution is -2.55. The second kappa shape index (κ2) is 11.7. The summed E-state index contributed by atoms with van der Waals surface area (Å²) in [6.45, 7) is 7.02. The molecule has 1 aliphatic rings. The van der Waals surface area contributed by atoms with Crippen molar-refractivity contribution in [1.29, 1.82) is 0 Å². The molecule has 2 aromatic carbocycles. The number of carbonyl (C=O) groups is 3. The Hall–Kier alpha value is -3.35. The monoisotopic (exact) mass is 465 g/mol. The van der Waals surface area contributed by atoms with Gasteiger partial charge < -0.3 is 20.3 Å². The minimum Gasteiger partial charge on any atom is -0.497 e. The van der Waals surface area contributed by atoms with E-state index >= 15 is 0 Å². The quantitative estimate of drug-likeness (QED) is 0.624. The Morgan fingerprint density at radius 2 is 1.71 bits per heavy atom. The van der Waals surface area contributed by atoms with Gasteiger partial charge in [0, 0.05) is 30.3 Å². The number of aryl methyl sites for hydroxylation is 1. The van der Waals surface area contributed by atoms with Crippen LogP contribution in [0.15, 0.2) is 48.5 Å². The Morgan fingerprint density at radius 3 is 2.32 bits per heavy atom. The standard InChI is InChI=1S/C27H35N3O4/c1-5-19(3)28-26(32)24(29-25(31)22-7-6-8-23(17-22)34-4)20-13-15-30(16-14-20)27(33)21-11-9-18(2)10-12-21/h6-12,17,19-20,24H,5,13-16H2,1-4H3,(H,28,32)(H,29,31). The van der Waals surface area contributed by atoms with Gasteiger partial charge in [-0.2, -0.15) is 0 Å². The summed E-state index contributed by atoms with van der Waals surface area (Å²) in [5.41, 5.74) is 2.21. The summed E-state index contributed by atoms with van der Waals surface area (Å²) in [7, 11) is 1.55. The van der Waals surface area contributed by atoms with Crippen LogP contribution in [0, 0.1) is 12.8 Å². The molecule has 0 radical (unpaired) electrons. The highest BCUT2D eigenvalue weighted by atomic mass is 16.5. The predicted octanol–water partition coefficient (Wildman–Crippen LogP) is 3.57. The predicted molar refractivity (Wildman–Crippen MR) is 132 cm³/mol. The van der Waals surface area contributed by atoms with E-state index in [9.17, 15) is 14.4 Å². The van der Waals surface area contributed by atoms with Crippen molar-refractivity contribution in [2.45, 2.75) is 52.1 Å². The fourth-order valence-corrected chi connectivity index (χ4v) is 4.14. The molecule has 3 amide bonds. The molecule has 0 aliphatic carbocycles. The van der Waals surface area contributed by atoms with Gasteiger partial charge in [-0.1, -0.05) is 30.7 Å². The molecule has 0 aromatic heterocycles. The fourth-order valence-electron chi connectivity index (χ4n) is 4.14. The molecule has 2 atom stereocenters. The normalized spacial score (nSPS) is 15.8. The van der Waals surface area contributed by atoms with Crippen molar-refractivity contribution in [2.75, 3.05) is 20.2 Å². The van der Waals surface area contributed by atoms with Gasteiger partial charge in [-0.25, -0.2) is 0 Å². The molecular weight excluding hydrogens is 430 g/mol. The van der Waals surface area contributed by atoms with Gasteiger partial charge in [-0.15, -0.1) is 0 Å². The van der Waals surface area contributed by atoms with Gasteiger partial charge in [0.25, 0.3) is 11.8 Å². The Bertz CT molecular complexity index is 997. The molecule has 34 heavy (non-hydrogen) atoms. The average molecular weight is 466 g/mol. The van der Waals surface area contributed by atoms with Gasteiger partial charge in [0.05, 0.1) is 7.11 Å². The lowest BCUT2D eigenvalue weighted by molar-refractivity contribution is -0.125. The van der Waals surface area contributed by atoms with Crippen LogP contribution < -0.4 is 15.4 Å². The third kappa shape index (κ3) is 6.37. The van der Waals surface area contributed by atoms with E-state index in [4.69, 9.17) is 4.74 Å². The lowest BCUT2D eigenvalue weighted by atomic mass is 9.88. The van der Waals surface area contributed by atoms with Crippen LogP contribution in [0.25, 0.3) is 0 Å². The minimum atomic E-state index is -0.677. The maximum absolute atomic E-state index is 13.1. The minimum absolute atomic E-state index is 0.000488. The van der Waals surface area contributed by atoms with E-state index in [0.29, 0.717) is 42.8 Å². The second-order valence-electron chi connectivity index (χ2n) is 9.00. The van der Waals surface area contributed by atoms with Crippen LogP contribution >= 0.6 is 0 Å². The SMILES string of the molecule is CCC(C)NC(=O)C(NC(=O)c1cccc(OC)c1)C1CCN(C(=O)c2ccc(C)cc2)CC1. The summed E-state index contributed by atoms with van der Waals surface area (Å²) in [5.74, 6) is 0.00612. The fraction of sp³-hybridized carbons (Fsp3) is 0.444. The van der Waals surface area contributed by atoms with Crippen LogP contribution in [-0.2, 0) is 4.79 Å². The van der Waals surface area contributed by atoms with E-state index in [1.807, 2.05) is 49.9 Å². The Kier molecular flexibility index (Phi) is 8.68. The van der Waals surface area contributed by atoms with E-state index in [-0.39, 0.29) is 29.7 Å². The topological polar surface area (TPSA) is 87.7 Å². The number of nitrogens with one attached hydrogen (secondary N) is 2. The highest BCUT2D eigenvalue weighted by Crippen LogP contribution is 2.24. The number of hydrogen-bond acceptors (Lipinski definition) is 4. The first-order valence-electron chi connectivity index (χ1n) is 11.9. The molecule has 1 fully saturated rings. The van der Waals surface area contributed by atoms with Gasteiger partial charge in [-0.3, -0.25) is 14.4 Å². The molecule has 3 rings (SSSR count). The zero-order valence-corrected chi connectivity index (χ0v) is 20.5. The molecule has 7 nitrogen and oxygen atoms in total. The highest BCUT2D eigenvalue weighted by Gasteiger charge is 2.34. The Balaban J connectivity index is 1.70. The van der Waals surface area contributed by atoms with E-state index in [1.54, 1.807) is 31.4 Å². The van der Waals surface area contributed by atoms with Crippen LogP contribution in [0.4, 0.5) is 0 Å². The molecule has 2 aromatic rings. The summed E-state index contributed by atoms with van der Waals surface area (Å²) >= 11 is 0. The van der Waals surface area contributed by atoms with Crippen LogP contribution in [0.1, 0.15) is 59.4 Å². The van der Waals surface area contributed by atoms with Gasteiger partial charge in [0.2, 0.25) is 5.91 Å². The summed E-state index contributed by atoms with van der Waals surface area (Å²) in [6.07, 6.45) is 2.06. The second-order valence-corrected chi connectivity index (χ2v) is 9.00. The number of piperidine rings is 1. The van der Waals surface area contributed by atoms with Crippen molar-refractivity contribution in [3.8, 4) is 5.75 Å². The Labute approximate surface area is 201 Å². The van der Waals surface area contributed by atoms with E-state index in [2.05, 4.69) is 10.6 Å². The molecule has 0 saturated carbocycles. The number of benzene rings is 2. The molecular formula is C27H35N3O4. The molecule has 0 bridgehead atoms. The van der Waals surface area contributed by atoms with E-state index in [0.717, 1.165) is 12.0 Å². The summed E-state index contributed by atoms with van der Waals surface area (Å²) < 4.78 is 5.22. The van der Waals surface area contributed by atoms with Crippen LogP contribution in [-0.4, -0.2) is 54.9 Å². The van der Waals surface area contributed by atoms with Crippen molar-refractivity contribution in [3.63, 3.8) is 0 Å². The number of carbonyl (C=O) groups excluding carboxylic acids is 3. The average Bonchev–Trinajstić information content (AvgIpc) is 2.87. The van der Waals surface area contributed by atoms with Gasteiger partial charge in [-0.05, 0) is 69.4 Å². The third-order valence-electron chi connectivity index (χ3n) is 6.50.